The van der Waals surface area contributed by atoms with Crippen LogP contribution in [0.3, 0.4) is 0 Å². The molecule has 32 heavy (non-hydrogen) atoms. The molecule has 170 valence electrons. The summed E-state index contributed by atoms with van der Waals surface area (Å²) in [5.41, 5.74) is 1.10. The highest BCUT2D eigenvalue weighted by molar-refractivity contribution is 5.73. The van der Waals surface area contributed by atoms with Crippen LogP contribution < -0.4 is 10.6 Å². The maximum Gasteiger partial charge on any atom is 0.315 e. The Labute approximate surface area is 181 Å². The number of rotatable bonds is 7. The Balaban J connectivity index is 1.20. The summed E-state index contributed by atoms with van der Waals surface area (Å²) in [5, 5.41) is 13.0. The molecule has 0 aliphatic carbocycles. The van der Waals surface area contributed by atoms with E-state index in [0.717, 1.165) is 6.07 Å². The fourth-order valence-corrected chi connectivity index (χ4v) is 3.27. The monoisotopic (exact) mass is 448 g/mol. The topological polar surface area (TPSA) is 119 Å². The van der Waals surface area contributed by atoms with Gasteiger partial charge in [0.15, 0.2) is 23.2 Å². The quantitative estimate of drug-likeness (QED) is 0.564. The number of nitrogens with one attached hydrogen (secondary N) is 2. The number of amides is 2. The smallest absolute Gasteiger partial charge is 0.315 e. The predicted octanol–water partition coefficient (Wildman–Crippen LogP) is 2.01. The zero-order chi connectivity index (χ0) is 22.5. The first-order valence-corrected chi connectivity index (χ1v) is 10.0. The molecule has 4 rings (SSSR count). The number of carbonyl (C=O) groups is 1. The molecule has 10 nitrogen and oxygen atoms in total. The Hall–Kier alpha value is -3.38. The Morgan fingerprint density at radius 3 is 2.84 bits per heavy atom. The van der Waals surface area contributed by atoms with Crippen LogP contribution in [-0.4, -0.2) is 58.6 Å². The molecule has 0 unspecified atom stereocenters. The van der Waals surface area contributed by atoms with Gasteiger partial charge in [-0.2, -0.15) is 4.98 Å². The van der Waals surface area contributed by atoms with Gasteiger partial charge in [0.2, 0.25) is 0 Å². The van der Waals surface area contributed by atoms with E-state index in [1.807, 2.05) is 0 Å². The van der Waals surface area contributed by atoms with Gasteiger partial charge in [0.05, 0.1) is 19.3 Å². The average molecular weight is 448 g/mol. The van der Waals surface area contributed by atoms with Crippen LogP contribution in [0, 0.1) is 18.6 Å². The molecule has 0 spiro atoms. The Kier molecular flexibility index (Phi) is 6.71. The average Bonchev–Trinajstić information content (AvgIpc) is 3.42. The largest absolute Gasteiger partial charge is 0.374 e. The van der Waals surface area contributed by atoms with E-state index in [9.17, 15) is 13.6 Å². The van der Waals surface area contributed by atoms with Gasteiger partial charge in [-0.05, 0) is 24.6 Å². The minimum atomic E-state index is -0.867. The Morgan fingerprint density at radius 2 is 2.06 bits per heavy atom. The van der Waals surface area contributed by atoms with Crippen LogP contribution in [0.15, 0.2) is 33.3 Å². The normalized spacial score (nSPS) is 16.8. The standard InChI is InChI=1S/C20H22F2N6O4/c1-12-6-17(26-31-12)19-25-18(27-32-19)9-24-20(29)23-8-14-11-28(4-5-30-14)10-13-2-3-15(21)16(22)7-13/h2-3,6-7,14H,4-5,8-11H2,1H3,(H2,23,24,29)/t14-/m0/s1. The SMILES string of the molecule is Cc1cc(-c2nc(CNC(=O)NC[C@H]3CN(Cc4ccc(F)c(F)c4)CCO3)no2)no1. The van der Waals surface area contributed by atoms with Crippen molar-refractivity contribution in [3.05, 3.63) is 53.0 Å². The van der Waals surface area contributed by atoms with Crippen molar-refractivity contribution in [2.24, 2.45) is 0 Å². The summed E-state index contributed by atoms with van der Waals surface area (Å²) < 4.78 is 42.2. The van der Waals surface area contributed by atoms with Crippen LogP contribution in [-0.2, 0) is 17.8 Å². The van der Waals surface area contributed by atoms with Crippen LogP contribution in [0.5, 0.6) is 0 Å². The van der Waals surface area contributed by atoms with Crippen molar-refractivity contribution in [2.75, 3.05) is 26.2 Å². The molecule has 1 saturated heterocycles. The minimum Gasteiger partial charge on any atom is -0.374 e. The van der Waals surface area contributed by atoms with Crippen molar-refractivity contribution in [3.63, 3.8) is 0 Å². The van der Waals surface area contributed by atoms with Gasteiger partial charge in [0.1, 0.15) is 5.76 Å². The third-order valence-electron chi connectivity index (χ3n) is 4.83. The molecule has 3 aromatic rings. The molecule has 3 heterocycles. The fraction of sp³-hybridized carbons (Fsp3) is 0.400. The molecule has 0 bridgehead atoms. The second kappa shape index (κ2) is 9.83. The van der Waals surface area contributed by atoms with E-state index in [4.69, 9.17) is 13.8 Å². The van der Waals surface area contributed by atoms with E-state index in [1.54, 1.807) is 19.1 Å². The third kappa shape index (κ3) is 5.65. The van der Waals surface area contributed by atoms with Crippen LogP contribution >= 0.6 is 0 Å². The summed E-state index contributed by atoms with van der Waals surface area (Å²) >= 11 is 0. The zero-order valence-electron chi connectivity index (χ0n) is 17.3. The van der Waals surface area contributed by atoms with Gasteiger partial charge in [-0.3, -0.25) is 4.90 Å². The number of benzene rings is 1. The van der Waals surface area contributed by atoms with Crippen molar-refractivity contribution >= 4 is 6.03 Å². The lowest BCUT2D eigenvalue weighted by Gasteiger charge is -2.33. The highest BCUT2D eigenvalue weighted by atomic mass is 19.2. The van der Waals surface area contributed by atoms with E-state index >= 15 is 0 Å². The molecule has 2 aromatic heterocycles. The number of hydrogen-bond acceptors (Lipinski definition) is 8. The maximum absolute atomic E-state index is 13.4. The van der Waals surface area contributed by atoms with Crippen molar-refractivity contribution in [1.82, 2.24) is 30.8 Å². The second-order valence-electron chi connectivity index (χ2n) is 7.38. The van der Waals surface area contributed by atoms with Gasteiger partial charge in [-0.15, -0.1) is 0 Å². The van der Waals surface area contributed by atoms with Gasteiger partial charge in [0, 0.05) is 32.2 Å². The molecule has 1 aliphatic rings. The zero-order valence-corrected chi connectivity index (χ0v) is 17.3. The fourth-order valence-electron chi connectivity index (χ4n) is 3.27. The highest BCUT2D eigenvalue weighted by Crippen LogP contribution is 2.16. The van der Waals surface area contributed by atoms with Gasteiger partial charge >= 0.3 is 6.03 Å². The number of aromatic nitrogens is 3. The van der Waals surface area contributed by atoms with Gasteiger partial charge in [-0.25, -0.2) is 13.6 Å². The highest BCUT2D eigenvalue weighted by Gasteiger charge is 2.21. The molecule has 2 amide bonds. The molecule has 1 atom stereocenters. The minimum absolute atomic E-state index is 0.0694. The number of urea groups is 1. The number of halogens is 2. The van der Waals surface area contributed by atoms with Crippen LogP contribution in [0.2, 0.25) is 0 Å². The summed E-state index contributed by atoms with van der Waals surface area (Å²) in [6, 6.07) is 5.13. The number of ether oxygens (including phenoxy) is 1. The summed E-state index contributed by atoms with van der Waals surface area (Å²) in [5.74, 6) is -0.617. The molecular formula is C20H22F2N6O4. The van der Waals surface area contributed by atoms with Gasteiger partial charge in [-0.1, -0.05) is 16.4 Å². The van der Waals surface area contributed by atoms with Gasteiger partial charge in [0.25, 0.3) is 5.89 Å². The van der Waals surface area contributed by atoms with E-state index < -0.39 is 17.7 Å². The Bertz CT molecular complexity index is 1070. The molecule has 12 heteroatoms. The van der Waals surface area contributed by atoms with Crippen LogP contribution in [0.1, 0.15) is 17.1 Å². The first kappa shape index (κ1) is 21.8. The number of carbonyl (C=O) groups excluding carboxylic acids is 1. The molecule has 1 fully saturated rings. The van der Waals surface area contributed by atoms with Crippen molar-refractivity contribution in [1.29, 1.82) is 0 Å². The van der Waals surface area contributed by atoms with E-state index in [-0.39, 0.29) is 25.1 Å². The number of hydrogen-bond donors (Lipinski definition) is 2. The summed E-state index contributed by atoms with van der Waals surface area (Å²) in [6.45, 7) is 4.25. The van der Waals surface area contributed by atoms with E-state index in [2.05, 4.69) is 30.8 Å². The van der Waals surface area contributed by atoms with Crippen LogP contribution in [0.25, 0.3) is 11.6 Å². The molecular weight excluding hydrogens is 426 g/mol. The number of aryl methyl sites for hydroxylation is 1. The Morgan fingerprint density at radius 1 is 1.19 bits per heavy atom. The maximum atomic E-state index is 13.4. The van der Waals surface area contributed by atoms with Crippen LogP contribution in [0.4, 0.5) is 13.6 Å². The molecule has 2 N–H and O–H groups in total. The molecule has 0 radical (unpaired) electrons. The predicted molar refractivity (Wildman–Crippen MR) is 106 cm³/mol. The summed E-state index contributed by atoms with van der Waals surface area (Å²) in [4.78, 5) is 18.3. The second-order valence-corrected chi connectivity index (χ2v) is 7.38. The van der Waals surface area contributed by atoms with Crippen molar-refractivity contribution in [2.45, 2.75) is 26.1 Å². The lowest BCUT2D eigenvalue weighted by molar-refractivity contribution is -0.0287. The number of nitrogens with zero attached hydrogens (tertiary/aromatic N) is 4. The summed E-state index contributed by atoms with van der Waals surface area (Å²) in [7, 11) is 0. The first-order valence-electron chi connectivity index (χ1n) is 10.0. The molecule has 1 aromatic carbocycles. The lowest BCUT2D eigenvalue weighted by Crippen LogP contribution is -2.48. The summed E-state index contributed by atoms with van der Waals surface area (Å²) in [6.07, 6.45) is -0.230. The van der Waals surface area contributed by atoms with E-state index in [0.29, 0.717) is 49.1 Å². The lowest BCUT2D eigenvalue weighted by atomic mass is 10.1. The van der Waals surface area contributed by atoms with Crippen molar-refractivity contribution in [3.8, 4) is 11.6 Å². The first-order chi connectivity index (χ1) is 15.5. The third-order valence-corrected chi connectivity index (χ3v) is 4.83. The van der Waals surface area contributed by atoms with E-state index in [1.165, 1.54) is 6.07 Å². The van der Waals surface area contributed by atoms with Gasteiger partial charge < -0.3 is 24.4 Å². The van der Waals surface area contributed by atoms with Crippen molar-refractivity contribution < 1.29 is 27.4 Å². The molecule has 1 aliphatic heterocycles. The number of morpholine rings is 1. The molecule has 0 saturated carbocycles.